The molecule has 1 aliphatic carbocycles. The number of aromatic nitrogens is 2. The first kappa shape index (κ1) is 38.3. The van der Waals surface area contributed by atoms with Gasteiger partial charge in [-0.15, -0.1) is 18.0 Å². The summed E-state index contributed by atoms with van der Waals surface area (Å²) in [6.45, 7) is 13.3. The molecule has 1 aromatic heterocycles. The normalized spacial score (nSPS) is 15.1. The van der Waals surface area contributed by atoms with E-state index < -0.39 is 0 Å². The number of benzene rings is 5. The van der Waals surface area contributed by atoms with Gasteiger partial charge in [0.15, 0.2) is 0 Å². The van der Waals surface area contributed by atoms with Gasteiger partial charge in [0.05, 0.1) is 11.9 Å². The summed E-state index contributed by atoms with van der Waals surface area (Å²) < 4.78 is 0. The van der Waals surface area contributed by atoms with Crippen LogP contribution >= 0.6 is 0 Å². The van der Waals surface area contributed by atoms with E-state index in [1.165, 1.54) is 60.2 Å². The van der Waals surface area contributed by atoms with E-state index in [4.69, 9.17) is 9.97 Å². The van der Waals surface area contributed by atoms with Crippen LogP contribution in [0.5, 0.6) is 0 Å². The number of para-hydroxylation sites is 5. The van der Waals surface area contributed by atoms with E-state index in [9.17, 15) is 0 Å². The number of fused-ring (bicyclic) bond motifs is 2. The minimum Gasteiger partial charge on any atom is -0.499 e. The van der Waals surface area contributed by atoms with Crippen LogP contribution in [0.25, 0.3) is 11.3 Å². The maximum atomic E-state index is 5.21. The zero-order valence-electron chi connectivity index (χ0n) is 32.1. The van der Waals surface area contributed by atoms with Crippen molar-refractivity contribution in [1.29, 1.82) is 0 Å². The minimum atomic E-state index is 0. The van der Waals surface area contributed by atoms with Crippen molar-refractivity contribution >= 4 is 40.1 Å². The molecule has 0 saturated heterocycles. The second kappa shape index (κ2) is 17.2. The van der Waals surface area contributed by atoms with Gasteiger partial charge in [-0.1, -0.05) is 95.5 Å². The molecule has 0 atom stereocenters. The molecule has 3 heterocycles. The molecule has 0 spiro atoms. The molecule has 1 fully saturated rings. The summed E-state index contributed by atoms with van der Waals surface area (Å²) >= 11 is 0. The number of anilines is 7. The molecule has 55 heavy (non-hydrogen) atoms. The smallest absolute Gasteiger partial charge is 0.145 e. The van der Waals surface area contributed by atoms with Crippen LogP contribution in [0.15, 0.2) is 128 Å². The van der Waals surface area contributed by atoms with Crippen LogP contribution in [-0.2, 0) is 20.1 Å². The van der Waals surface area contributed by atoms with Gasteiger partial charge in [-0.2, -0.15) is 67.3 Å². The van der Waals surface area contributed by atoms with E-state index >= 15 is 0 Å². The first-order valence-corrected chi connectivity index (χ1v) is 19.4. The Morgan fingerprint density at radius 3 is 1.82 bits per heavy atom. The standard InChI is InChI=1S/C29H28N4.C19H20N2.Ir/c1-20(2)24-16-11-17-25(21(3)4)27(24)26-18-30-28-29(31-26)33(23-14-9-6-10-15-23)19-32(28)22-12-7-5-8-13-22;1-3-9-16(10-4-1)20-15-21(17-11-5-2-6-12-17)19-14-8-7-13-18(19)20;/h5-14,16-21H,1-4H3;1,3-4,7-9,13-15,17H,2,5-6,11-12H2;/q2*-2;. The molecule has 283 valence electrons. The topological polar surface area (TPSA) is 38.7 Å². The summed E-state index contributed by atoms with van der Waals surface area (Å²) in [6.07, 6.45) is 8.63. The maximum absolute atomic E-state index is 5.21. The van der Waals surface area contributed by atoms with Gasteiger partial charge in [0, 0.05) is 48.8 Å². The fourth-order valence-corrected chi connectivity index (χ4v) is 7.90. The minimum absolute atomic E-state index is 0. The zero-order valence-corrected chi connectivity index (χ0v) is 34.5. The molecule has 0 N–H and O–H groups in total. The van der Waals surface area contributed by atoms with Crippen LogP contribution in [0.2, 0.25) is 0 Å². The molecule has 3 aliphatic rings. The van der Waals surface area contributed by atoms with Crippen molar-refractivity contribution in [3.63, 3.8) is 0 Å². The molecular weight excluding hydrogens is 853 g/mol. The van der Waals surface area contributed by atoms with Gasteiger partial charge in [0.1, 0.15) is 11.6 Å². The monoisotopic (exact) mass is 901 g/mol. The van der Waals surface area contributed by atoms with Crippen molar-refractivity contribution in [3.05, 3.63) is 164 Å². The van der Waals surface area contributed by atoms with Gasteiger partial charge < -0.3 is 19.6 Å². The largest absolute Gasteiger partial charge is 0.499 e. The van der Waals surface area contributed by atoms with Gasteiger partial charge in [-0.25, -0.2) is 9.97 Å². The quantitative estimate of drug-likeness (QED) is 0.149. The van der Waals surface area contributed by atoms with Crippen LogP contribution < -0.4 is 19.6 Å². The number of rotatable bonds is 7. The second-order valence-corrected chi connectivity index (χ2v) is 14.9. The van der Waals surface area contributed by atoms with Crippen LogP contribution in [0.4, 0.5) is 40.1 Å². The van der Waals surface area contributed by atoms with Gasteiger partial charge in [-0.3, -0.25) is 0 Å². The van der Waals surface area contributed by atoms with Crippen LogP contribution in [-0.4, -0.2) is 16.0 Å². The van der Waals surface area contributed by atoms with E-state index in [-0.39, 0.29) is 20.1 Å². The van der Waals surface area contributed by atoms with Crippen molar-refractivity contribution in [2.75, 3.05) is 19.6 Å². The van der Waals surface area contributed by atoms with E-state index in [2.05, 4.69) is 133 Å². The van der Waals surface area contributed by atoms with Crippen molar-refractivity contribution < 1.29 is 20.1 Å². The van der Waals surface area contributed by atoms with Crippen molar-refractivity contribution in [3.8, 4) is 11.3 Å². The SMILES string of the molecule is CC(C)c1cccc(C(C)C)c1-c1cnc2c(n1)N(c1[c-]cccc1)[CH-]N2c1ccccc1.[Ir].[c-]1ccccc1N1[CH-]N(C2CCCCC2)c2ccccc21. The fraction of sp³-hybridized carbons (Fsp3) is 0.250. The molecule has 6 aromatic rings. The average Bonchev–Trinajstić information content (AvgIpc) is 3.81. The summed E-state index contributed by atoms with van der Waals surface area (Å²) in [7, 11) is 0. The third kappa shape index (κ3) is 7.92. The first-order chi connectivity index (χ1) is 26.5. The molecule has 1 radical (unpaired) electrons. The Kier molecular flexibility index (Phi) is 12.0. The van der Waals surface area contributed by atoms with Gasteiger partial charge in [-0.05, 0) is 60.1 Å². The molecule has 0 amide bonds. The van der Waals surface area contributed by atoms with Gasteiger partial charge in [0.2, 0.25) is 0 Å². The third-order valence-corrected chi connectivity index (χ3v) is 10.6. The predicted molar refractivity (Wildman–Crippen MR) is 223 cm³/mol. The Morgan fingerprint density at radius 1 is 0.600 bits per heavy atom. The molecule has 0 bridgehead atoms. The number of hydrogen-bond acceptors (Lipinski definition) is 6. The van der Waals surface area contributed by atoms with Gasteiger partial charge in [0.25, 0.3) is 0 Å². The second-order valence-electron chi connectivity index (χ2n) is 14.9. The molecular formula is C48H48IrN6-4. The Labute approximate surface area is 341 Å². The van der Waals surface area contributed by atoms with Crippen LogP contribution in [0.1, 0.15) is 82.8 Å². The van der Waals surface area contributed by atoms with Crippen LogP contribution in [0, 0.1) is 25.5 Å². The zero-order chi connectivity index (χ0) is 37.0. The molecule has 5 aromatic carbocycles. The Bertz CT molecular complexity index is 2120. The molecule has 6 nitrogen and oxygen atoms in total. The van der Waals surface area contributed by atoms with Crippen LogP contribution in [0.3, 0.4) is 0 Å². The summed E-state index contributed by atoms with van der Waals surface area (Å²) in [4.78, 5) is 19.1. The number of hydrogen-bond donors (Lipinski definition) is 0. The van der Waals surface area contributed by atoms with E-state index in [1.807, 2.05) is 67.5 Å². The first-order valence-electron chi connectivity index (χ1n) is 19.4. The van der Waals surface area contributed by atoms with Crippen molar-refractivity contribution in [2.45, 2.75) is 77.7 Å². The fourth-order valence-electron chi connectivity index (χ4n) is 7.90. The third-order valence-electron chi connectivity index (χ3n) is 10.6. The van der Waals surface area contributed by atoms with Crippen molar-refractivity contribution in [2.24, 2.45) is 0 Å². The average molecular weight is 901 g/mol. The Hall–Kier alpha value is -4.97. The van der Waals surface area contributed by atoms with E-state index in [0.29, 0.717) is 17.9 Å². The summed E-state index contributed by atoms with van der Waals surface area (Å²) in [6, 6.07) is 49.0. The summed E-state index contributed by atoms with van der Waals surface area (Å²) in [5.74, 6) is 2.40. The van der Waals surface area contributed by atoms with E-state index in [1.54, 1.807) is 0 Å². The Balaban J connectivity index is 0.000000182. The molecule has 1 saturated carbocycles. The molecule has 2 aliphatic heterocycles. The predicted octanol–water partition coefficient (Wildman–Crippen LogP) is 12.5. The number of nitrogens with zero attached hydrogens (tertiary/aromatic N) is 6. The summed E-state index contributed by atoms with van der Waals surface area (Å²) in [5.41, 5.74) is 10.4. The van der Waals surface area contributed by atoms with Gasteiger partial charge >= 0.3 is 0 Å². The van der Waals surface area contributed by atoms with E-state index in [0.717, 1.165) is 34.4 Å². The molecule has 0 unspecified atom stereocenters. The molecule has 7 heteroatoms. The summed E-state index contributed by atoms with van der Waals surface area (Å²) in [5, 5.41) is 0. The molecule has 9 rings (SSSR count). The Morgan fingerprint density at radius 2 is 1.20 bits per heavy atom. The maximum Gasteiger partial charge on any atom is 0.145 e. The van der Waals surface area contributed by atoms with Crippen molar-refractivity contribution in [1.82, 2.24) is 9.97 Å².